The van der Waals surface area contributed by atoms with Crippen LogP contribution in [0.4, 0.5) is 13.2 Å². The molecule has 0 saturated carbocycles. The number of nitrogens with zero attached hydrogens (tertiary/aromatic N) is 1. The van der Waals surface area contributed by atoms with E-state index in [0.29, 0.717) is 6.07 Å². The standard InChI is InChI=1S/C9H5ClF3NO2S/c1-5-2-6(4-14)3-7(17(10,15)16)8(5)9(11,12)13/h2-3H,1H3. The van der Waals surface area contributed by atoms with Crippen molar-refractivity contribution in [1.29, 1.82) is 5.26 Å². The zero-order chi connectivity index (χ0) is 13.4. The van der Waals surface area contributed by atoms with Crippen LogP contribution in [-0.2, 0) is 15.2 Å². The van der Waals surface area contributed by atoms with E-state index in [2.05, 4.69) is 0 Å². The smallest absolute Gasteiger partial charge is 0.207 e. The van der Waals surface area contributed by atoms with E-state index in [4.69, 9.17) is 15.9 Å². The Hall–Kier alpha value is -1.26. The predicted molar refractivity (Wildman–Crippen MR) is 53.9 cm³/mol. The maximum absolute atomic E-state index is 12.7. The van der Waals surface area contributed by atoms with E-state index in [1.165, 1.54) is 0 Å². The number of hydrogen-bond donors (Lipinski definition) is 0. The van der Waals surface area contributed by atoms with Crippen molar-refractivity contribution in [3.05, 3.63) is 28.8 Å². The van der Waals surface area contributed by atoms with Crippen LogP contribution in [0.2, 0.25) is 0 Å². The van der Waals surface area contributed by atoms with Crippen LogP contribution in [0.3, 0.4) is 0 Å². The summed E-state index contributed by atoms with van der Waals surface area (Å²) in [6.07, 6.45) is -4.85. The van der Waals surface area contributed by atoms with Gasteiger partial charge in [-0.3, -0.25) is 0 Å². The fourth-order valence-corrected chi connectivity index (χ4v) is 2.53. The first kappa shape index (κ1) is 13.8. The van der Waals surface area contributed by atoms with E-state index in [0.717, 1.165) is 13.0 Å². The molecular formula is C9H5ClF3NO2S. The molecule has 1 rings (SSSR count). The maximum Gasteiger partial charge on any atom is 0.417 e. The SMILES string of the molecule is Cc1cc(C#N)cc(S(=O)(=O)Cl)c1C(F)(F)F. The van der Waals surface area contributed by atoms with E-state index in [9.17, 15) is 21.6 Å². The average Bonchev–Trinajstić information content (AvgIpc) is 2.12. The first-order chi connectivity index (χ1) is 7.57. The van der Waals surface area contributed by atoms with Gasteiger partial charge in [-0.15, -0.1) is 0 Å². The van der Waals surface area contributed by atoms with Crippen molar-refractivity contribution in [2.24, 2.45) is 0 Å². The minimum atomic E-state index is -4.85. The highest BCUT2D eigenvalue weighted by Crippen LogP contribution is 2.38. The van der Waals surface area contributed by atoms with Crippen molar-refractivity contribution >= 4 is 19.7 Å². The van der Waals surface area contributed by atoms with Gasteiger partial charge in [0.05, 0.1) is 22.1 Å². The Morgan fingerprint density at radius 1 is 1.35 bits per heavy atom. The molecule has 17 heavy (non-hydrogen) atoms. The van der Waals surface area contributed by atoms with E-state index in [1.807, 2.05) is 0 Å². The molecule has 8 heteroatoms. The van der Waals surface area contributed by atoms with Gasteiger partial charge in [-0.05, 0) is 24.6 Å². The van der Waals surface area contributed by atoms with Gasteiger partial charge in [0, 0.05) is 10.7 Å². The Kier molecular flexibility index (Phi) is 3.41. The minimum absolute atomic E-state index is 0.199. The summed E-state index contributed by atoms with van der Waals surface area (Å²) in [5, 5.41) is 8.58. The minimum Gasteiger partial charge on any atom is -0.207 e. The molecule has 0 unspecified atom stereocenters. The summed E-state index contributed by atoms with van der Waals surface area (Å²) in [6.45, 7) is 1.06. The molecular weight excluding hydrogens is 279 g/mol. The molecule has 0 N–H and O–H groups in total. The number of hydrogen-bond acceptors (Lipinski definition) is 3. The molecule has 0 aliphatic rings. The van der Waals surface area contributed by atoms with Crippen molar-refractivity contribution in [2.75, 3.05) is 0 Å². The molecule has 0 aliphatic heterocycles. The Bertz CT molecular complexity index is 602. The highest BCUT2D eigenvalue weighted by molar-refractivity contribution is 8.13. The molecule has 0 spiro atoms. The summed E-state index contributed by atoms with van der Waals surface area (Å²) in [7, 11) is 0.363. The van der Waals surface area contributed by atoms with Crippen molar-refractivity contribution in [3.8, 4) is 6.07 Å². The summed E-state index contributed by atoms with van der Waals surface area (Å²) in [4.78, 5) is -1.09. The van der Waals surface area contributed by atoms with Crippen molar-refractivity contribution in [1.82, 2.24) is 0 Å². The lowest BCUT2D eigenvalue weighted by Gasteiger charge is -2.14. The molecule has 1 aromatic rings. The highest BCUT2D eigenvalue weighted by atomic mass is 35.7. The summed E-state index contributed by atoms with van der Waals surface area (Å²) >= 11 is 0. The molecule has 0 aliphatic carbocycles. The van der Waals surface area contributed by atoms with Gasteiger partial charge in [0.25, 0.3) is 9.05 Å². The quantitative estimate of drug-likeness (QED) is 0.745. The molecule has 0 heterocycles. The van der Waals surface area contributed by atoms with Crippen LogP contribution < -0.4 is 0 Å². The molecule has 0 saturated heterocycles. The molecule has 0 radical (unpaired) electrons. The number of alkyl halides is 3. The van der Waals surface area contributed by atoms with Crippen LogP contribution >= 0.6 is 10.7 Å². The zero-order valence-electron chi connectivity index (χ0n) is 8.34. The van der Waals surface area contributed by atoms with Gasteiger partial charge >= 0.3 is 6.18 Å². The predicted octanol–water partition coefficient (Wildman–Crippen LogP) is 2.81. The lowest BCUT2D eigenvalue weighted by Crippen LogP contribution is -2.13. The van der Waals surface area contributed by atoms with Gasteiger partial charge in [0.15, 0.2) is 0 Å². The number of aryl methyl sites for hydroxylation is 1. The number of nitriles is 1. The van der Waals surface area contributed by atoms with Gasteiger partial charge in [-0.25, -0.2) is 8.42 Å². The number of benzene rings is 1. The second kappa shape index (κ2) is 4.20. The third-order valence-corrected chi connectivity index (χ3v) is 3.32. The summed E-state index contributed by atoms with van der Waals surface area (Å²) in [5.74, 6) is 0. The first-order valence-electron chi connectivity index (χ1n) is 4.14. The van der Waals surface area contributed by atoms with Crippen LogP contribution in [0.25, 0.3) is 0 Å². The Labute approximate surface area is 99.8 Å². The molecule has 0 amide bonds. The molecule has 1 aromatic carbocycles. The van der Waals surface area contributed by atoms with Gasteiger partial charge < -0.3 is 0 Å². The second-order valence-corrected chi connectivity index (χ2v) is 5.75. The Morgan fingerprint density at radius 3 is 2.24 bits per heavy atom. The lowest BCUT2D eigenvalue weighted by molar-refractivity contribution is -0.140. The Balaban J connectivity index is 3.78. The number of rotatable bonds is 1. The summed E-state index contributed by atoms with van der Waals surface area (Å²) < 4.78 is 60.2. The zero-order valence-corrected chi connectivity index (χ0v) is 9.91. The van der Waals surface area contributed by atoms with Crippen LogP contribution in [0.15, 0.2) is 17.0 Å². The van der Waals surface area contributed by atoms with Crippen LogP contribution in [0, 0.1) is 18.3 Å². The fraction of sp³-hybridized carbons (Fsp3) is 0.222. The van der Waals surface area contributed by atoms with E-state index >= 15 is 0 Å². The van der Waals surface area contributed by atoms with Crippen LogP contribution in [0.1, 0.15) is 16.7 Å². The molecule has 92 valence electrons. The molecule has 0 bridgehead atoms. The van der Waals surface area contributed by atoms with E-state index in [1.54, 1.807) is 6.07 Å². The third-order valence-electron chi connectivity index (χ3n) is 1.97. The maximum atomic E-state index is 12.7. The molecule has 0 fully saturated rings. The van der Waals surface area contributed by atoms with Crippen molar-refractivity contribution in [2.45, 2.75) is 18.0 Å². The Morgan fingerprint density at radius 2 is 1.88 bits per heavy atom. The van der Waals surface area contributed by atoms with Gasteiger partial charge in [0.1, 0.15) is 0 Å². The van der Waals surface area contributed by atoms with Gasteiger partial charge in [0.2, 0.25) is 0 Å². The first-order valence-corrected chi connectivity index (χ1v) is 6.45. The molecule has 0 aromatic heterocycles. The van der Waals surface area contributed by atoms with Crippen molar-refractivity contribution in [3.63, 3.8) is 0 Å². The normalized spacial score (nSPS) is 12.2. The van der Waals surface area contributed by atoms with E-state index in [-0.39, 0.29) is 11.1 Å². The highest BCUT2D eigenvalue weighted by Gasteiger charge is 2.38. The van der Waals surface area contributed by atoms with E-state index < -0.39 is 25.7 Å². The van der Waals surface area contributed by atoms with Crippen LogP contribution in [-0.4, -0.2) is 8.42 Å². The third kappa shape index (κ3) is 2.90. The van der Waals surface area contributed by atoms with Gasteiger partial charge in [-0.2, -0.15) is 18.4 Å². The molecule has 0 atom stereocenters. The van der Waals surface area contributed by atoms with Crippen molar-refractivity contribution < 1.29 is 21.6 Å². The van der Waals surface area contributed by atoms with Gasteiger partial charge in [-0.1, -0.05) is 0 Å². The number of halogens is 4. The monoisotopic (exact) mass is 283 g/mol. The topological polar surface area (TPSA) is 57.9 Å². The average molecular weight is 284 g/mol. The lowest BCUT2D eigenvalue weighted by atomic mass is 10.1. The fourth-order valence-electron chi connectivity index (χ4n) is 1.37. The summed E-state index contributed by atoms with van der Waals surface area (Å²) in [5.41, 5.74) is -1.91. The van der Waals surface area contributed by atoms with Crippen LogP contribution in [0.5, 0.6) is 0 Å². The molecule has 3 nitrogen and oxygen atoms in total. The second-order valence-electron chi connectivity index (χ2n) is 3.21. The summed E-state index contributed by atoms with van der Waals surface area (Å²) in [6, 6.07) is 3.13. The largest absolute Gasteiger partial charge is 0.417 e.